The van der Waals surface area contributed by atoms with Crippen LogP contribution in [0, 0.1) is 13.8 Å². The maximum atomic E-state index is 12.3. The Morgan fingerprint density at radius 2 is 1.70 bits per heavy atom. The minimum atomic E-state index is -0.679. The SMILES string of the molecule is COc1ccc(/C(C)=N/NC(=O)C(C)Oc2ccc(C)c(C)c2)c(OC)c1. The van der Waals surface area contributed by atoms with Crippen LogP contribution in [0.5, 0.6) is 17.2 Å². The molecule has 0 aromatic heterocycles. The monoisotopic (exact) mass is 370 g/mol. The first kappa shape index (κ1) is 20.3. The smallest absolute Gasteiger partial charge is 0.280 e. The summed E-state index contributed by atoms with van der Waals surface area (Å²) < 4.78 is 16.3. The highest BCUT2D eigenvalue weighted by molar-refractivity contribution is 6.01. The van der Waals surface area contributed by atoms with E-state index in [2.05, 4.69) is 10.5 Å². The number of hydrogen-bond donors (Lipinski definition) is 1. The molecule has 0 radical (unpaired) electrons. The number of aryl methyl sites for hydroxylation is 2. The molecule has 0 aliphatic rings. The molecular formula is C21H26N2O4. The van der Waals surface area contributed by atoms with Crippen LogP contribution in [0.1, 0.15) is 30.5 Å². The van der Waals surface area contributed by atoms with E-state index in [1.807, 2.05) is 44.2 Å². The molecule has 0 heterocycles. The van der Waals surface area contributed by atoms with Crippen molar-refractivity contribution in [2.24, 2.45) is 5.10 Å². The van der Waals surface area contributed by atoms with Crippen LogP contribution in [0.25, 0.3) is 0 Å². The molecule has 0 aliphatic carbocycles. The molecule has 1 unspecified atom stereocenters. The molecule has 0 aliphatic heterocycles. The Kier molecular flexibility index (Phi) is 6.82. The quantitative estimate of drug-likeness (QED) is 0.597. The van der Waals surface area contributed by atoms with Gasteiger partial charge in [0.05, 0.1) is 19.9 Å². The van der Waals surface area contributed by atoms with Gasteiger partial charge in [0.2, 0.25) is 0 Å². The van der Waals surface area contributed by atoms with E-state index in [0.29, 0.717) is 23.0 Å². The van der Waals surface area contributed by atoms with Gasteiger partial charge in [0.15, 0.2) is 6.10 Å². The largest absolute Gasteiger partial charge is 0.497 e. The summed E-state index contributed by atoms with van der Waals surface area (Å²) in [5.74, 6) is 1.62. The van der Waals surface area contributed by atoms with Gasteiger partial charge >= 0.3 is 0 Å². The van der Waals surface area contributed by atoms with Gasteiger partial charge in [-0.1, -0.05) is 6.07 Å². The standard InChI is InChI=1S/C21H26N2O4/c1-13-7-8-18(11-14(13)2)27-16(4)21(24)23-22-15(3)19-10-9-17(25-5)12-20(19)26-6/h7-12,16H,1-6H3,(H,23,24)/b22-15+. The predicted octanol–water partition coefficient (Wildman–Crippen LogP) is 3.63. The molecule has 0 bridgehead atoms. The van der Waals surface area contributed by atoms with Crippen LogP contribution in [0.4, 0.5) is 0 Å². The Balaban J connectivity index is 2.05. The van der Waals surface area contributed by atoms with Crippen molar-refractivity contribution in [3.8, 4) is 17.2 Å². The maximum absolute atomic E-state index is 12.3. The third-order valence-electron chi connectivity index (χ3n) is 4.29. The van der Waals surface area contributed by atoms with E-state index in [1.165, 1.54) is 5.56 Å². The van der Waals surface area contributed by atoms with E-state index < -0.39 is 6.10 Å². The van der Waals surface area contributed by atoms with Crippen molar-refractivity contribution in [2.75, 3.05) is 14.2 Å². The third kappa shape index (κ3) is 5.23. The Hall–Kier alpha value is -3.02. The molecule has 2 aromatic carbocycles. The lowest BCUT2D eigenvalue weighted by molar-refractivity contribution is -0.127. The topological polar surface area (TPSA) is 69.2 Å². The van der Waals surface area contributed by atoms with E-state index in [1.54, 1.807) is 34.1 Å². The Morgan fingerprint density at radius 3 is 2.33 bits per heavy atom. The van der Waals surface area contributed by atoms with Crippen molar-refractivity contribution in [1.29, 1.82) is 0 Å². The minimum Gasteiger partial charge on any atom is -0.497 e. The molecule has 0 saturated carbocycles. The molecular weight excluding hydrogens is 344 g/mol. The summed E-state index contributed by atoms with van der Waals surface area (Å²) in [5, 5.41) is 4.17. The van der Waals surface area contributed by atoms with Gasteiger partial charge in [-0.25, -0.2) is 5.43 Å². The summed E-state index contributed by atoms with van der Waals surface area (Å²) in [6.45, 7) is 7.51. The molecule has 2 rings (SSSR count). The Labute approximate surface area is 160 Å². The lowest BCUT2D eigenvalue weighted by atomic mass is 10.1. The van der Waals surface area contributed by atoms with Gasteiger partial charge in [-0.3, -0.25) is 4.79 Å². The van der Waals surface area contributed by atoms with E-state index >= 15 is 0 Å². The number of rotatable bonds is 7. The fourth-order valence-corrected chi connectivity index (χ4v) is 2.43. The van der Waals surface area contributed by atoms with Gasteiger partial charge in [-0.15, -0.1) is 0 Å². The number of carbonyl (C=O) groups is 1. The average molecular weight is 370 g/mol. The van der Waals surface area contributed by atoms with Crippen molar-refractivity contribution < 1.29 is 19.0 Å². The van der Waals surface area contributed by atoms with E-state index in [-0.39, 0.29) is 5.91 Å². The fourth-order valence-electron chi connectivity index (χ4n) is 2.43. The normalized spacial score (nSPS) is 12.3. The summed E-state index contributed by atoms with van der Waals surface area (Å²) in [6.07, 6.45) is -0.679. The number of benzene rings is 2. The summed E-state index contributed by atoms with van der Waals surface area (Å²) in [4.78, 5) is 12.3. The Morgan fingerprint density at radius 1 is 1.00 bits per heavy atom. The molecule has 6 heteroatoms. The molecule has 6 nitrogen and oxygen atoms in total. The van der Waals surface area contributed by atoms with Crippen LogP contribution in [0.15, 0.2) is 41.5 Å². The number of hydrogen-bond acceptors (Lipinski definition) is 5. The third-order valence-corrected chi connectivity index (χ3v) is 4.29. The van der Waals surface area contributed by atoms with Crippen LogP contribution in [-0.4, -0.2) is 31.9 Å². The van der Waals surface area contributed by atoms with Crippen LogP contribution in [0.2, 0.25) is 0 Å². The molecule has 0 fully saturated rings. The first-order valence-corrected chi connectivity index (χ1v) is 8.66. The molecule has 1 atom stereocenters. The van der Waals surface area contributed by atoms with E-state index in [4.69, 9.17) is 14.2 Å². The number of methoxy groups -OCH3 is 2. The van der Waals surface area contributed by atoms with Crippen LogP contribution >= 0.6 is 0 Å². The van der Waals surface area contributed by atoms with Crippen molar-refractivity contribution >= 4 is 11.6 Å². The minimum absolute atomic E-state index is 0.333. The fraction of sp³-hybridized carbons (Fsp3) is 0.333. The van der Waals surface area contributed by atoms with Crippen LogP contribution < -0.4 is 19.6 Å². The summed E-state index contributed by atoms with van der Waals surface area (Å²) in [7, 11) is 3.16. The van der Waals surface area contributed by atoms with Gasteiger partial charge in [-0.05, 0) is 63.1 Å². The van der Waals surface area contributed by atoms with Gasteiger partial charge in [-0.2, -0.15) is 5.10 Å². The van der Waals surface area contributed by atoms with Crippen LogP contribution in [-0.2, 0) is 4.79 Å². The summed E-state index contributed by atoms with van der Waals surface area (Å²) in [6, 6.07) is 11.1. The number of nitrogens with one attached hydrogen (secondary N) is 1. The van der Waals surface area contributed by atoms with Crippen molar-refractivity contribution in [1.82, 2.24) is 5.43 Å². The highest BCUT2D eigenvalue weighted by Gasteiger charge is 2.15. The molecule has 144 valence electrons. The van der Waals surface area contributed by atoms with E-state index in [9.17, 15) is 4.79 Å². The first-order chi connectivity index (χ1) is 12.8. The average Bonchev–Trinajstić information content (AvgIpc) is 2.67. The molecule has 27 heavy (non-hydrogen) atoms. The predicted molar refractivity (Wildman–Crippen MR) is 106 cm³/mol. The van der Waals surface area contributed by atoms with E-state index in [0.717, 1.165) is 11.1 Å². The maximum Gasteiger partial charge on any atom is 0.280 e. The number of amides is 1. The second kappa shape index (κ2) is 9.07. The molecule has 0 spiro atoms. The van der Waals surface area contributed by atoms with Gasteiger partial charge in [0.25, 0.3) is 5.91 Å². The summed E-state index contributed by atoms with van der Waals surface area (Å²) in [5.41, 5.74) is 6.21. The molecule has 1 amide bonds. The number of nitrogens with zero attached hydrogens (tertiary/aromatic N) is 1. The number of ether oxygens (including phenoxy) is 3. The zero-order valence-corrected chi connectivity index (χ0v) is 16.6. The first-order valence-electron chi connectivity index (χ1n) is 8.66. The second-order valence-electron chi connectivity index (χ2n) is 6.25. The van der Waals surface area contributed by atoms with Crippen molar-refractivity contribution in [2.45, 2.75) is 33.8 Å². The molecule has 2 aromatic rings. The lowest BCUT2D eigenvalue weighted by Gasteiger charge is -2.15. The lowest BCUT2D eigenvalue weighted by Crippen LogP contribution is -2.34. The van der Waals surface area contributed by atoms with Crippen molar-refractivity contribution in [3.05, 3.63) is 53.1 Å². The van der Waals surface area contributed by atoms with Crippen LogP contribution in [0.3, 0.4) is 0 Å². The van der Waals surface area contributed by atoms with Gasteiger partial charge in [0, 0.05) is 11.6 Å². The number of carbonyl (C=O) groups excluding carboxylic acids is 1. The Bertz CT molecular complexity index is 846. The molecule has 1 N–H and O–H groups in total. The highest BCUT2D eigenvalue weighted by Crippen LogP contribution is 2.25. The second-order valence-corrected chi connectivity index (χ2v) is 6.25. The zero-order chi connectivity index (χ0) is 20.0. The zero-order valence-electron chi connectivity index (χ0n) is 16.6. The van der Waals surface area contributed by atoms with Gasteiger partial charge < -0.3 is 14.2 Å². The van der Waals surface area contributed by atoms with Crippen molar-refractivity contribution in [3.63, 3.8) is 0 Å². The number of hydrazone groups is 1. The highest BCUT2D eigenvalue weighted by atomic mass is 16.5. The van der Waals surface area contributed by atoms with Gasteiger partial charge in [0.1, 0.15) is 17.2 Å². The summed E-state index contributed by atoms with van der Waals surface area (Å²) >= 11 is 0. The molecule has 0 saturated heterocycles.